The van der Waals surface area contributed by atoms with Crippen LogP contribution in [0, 0.1) is 19.7 Å². The van der Waals surface area contributed by atoms with E-state index in [1.54, 1.807) is 18.2 Å². The van der Waals surface area contributed by atoms with Gasteiger partial charge < -0.3 is 20.3 Å². The highest BCUT2D eigenvalue weighted by atomic mass is 35.5. The van der Waals surface area contributed by atoms with Crippen molar-refractivity contribution in [1.82, 2.24) is 0 Å². The second-order valence-electron chi connectivity index (χ2n) is 9.97. The number of carboxylic acids is 1. The number of halogens is 2. The number of carboxylic acid groups (broad SMARTS) is 1. The highest BCUT2D eigenvalue weighted by molar-refractivity contribution is 6.30. The molecule has 0 bridgehead atoms. The van der Waals surface area contributed by atoms with E-state index in [0.717, 1.165) is 51.7 Å². The van der Waals surface area contributed by atoms with E-state index in [4.69, 9.17) is 21.4 Å². The third-order valence-electron chi connectivity index (χ3n) is 7.21. The van der Waals surface area contributed by atoms with Crippen molar-refractivity contribution in [3.05, 3.63) is 105 Å². The highest BCUT2D eigenvalue weighted by Crippen LogP contribution is 2.49. The molecule has 0 radical (unpaired) electrons. The second-order valence-corrected chi connectivity index (χ2v) is 10.4. The molecule has 0 spiro atoms. The normalized spacial score (nSPS) is 11.0. The zero-order chi connectivity index (χ0) is 30.8. The summed E-state index contributed by atoms with van der Waals surface area (Å²) in [5.74, 6) is -0.703. The molecule has 1 aliphatic heterocycles. The van der Waals surface area contributed by atoms with Gasteiger partial charge in [-0.2, -0.15) is 0 Å². The molecule has 0 saturated carbocycles. The zero-order valence-corrected chi connectivity index (χ0v) is 25.6. The number of hydrogen-bond donors (Lipinski definition) is 3. The van der Waals surface area contributed by atoms with E-state index < -0.39 is 5.97 Å². The first-order valence-corrected chi connectivity index (χ1v) is 14.4. The van der Waals surface area contributed by atoms with Gasteiger partial charge in [0.1, 0.15) is 18.2 Å². The number of aliphatic hydroxyl groups excluding tert-OH is 1. The molecule has 0 aromatic heterocycles. The molecule has 4 aromatic carbocycles. The van der Waals surface area contributed by atoms with Crippen molar-refractivity contribution < 1.29 is 24.1 Å². The maximum atomic E-state index is 15.2. The highest BCUT2D eigenvalue weighted by Gasteiger charge is 2.29. The van der Waals surface area contributed by atoms with Gasteiger partial charge in [-0.25, -0.2) is 4.39 Å². The van der Waals surface area contributed by atoms with Crippen molar-refractivity contribution in [2.75, 3.05) is 12.4 Å². The van der Waals surface area contributed by atoms with Gasteiger partial charge in [-0.15, -0.1) is 0 Å². The number of anilines is 1. The molecule has 0 saturated heterocycles. The summed E-state index contributed by atoms with van der Waals surface area (Å²) in [5, 5.41) is 20.7. The number of unbranched alkanes of at least 4 members (excludes halogenated alkanes) is 1. The Morgan fingerprint density at radius 3 is 2.26 bits per heavy atom. The Labute approximate surface area is 253 Å². The van der Waals surface area contributed by atoms with Gasteiger partial charge in [0.25, 0.3) is 0 Å². The summed E-state index contributed by atoms with van der Waals surface area (Å²) in [6.45, 7) is 8.96. The Morgan fingerprint density at radius 1 is 0.929 bits per heavy atom. The Hall–Kier alpha value is -3.87. The lowest BCUT2D eigenvalue weighted by Crippen LogP contribution is -2.16. The zero-order valence-electron chi connectivity index (χ0n) is 24.9. The van der Waals surface area contributed by atoms with E-state index in [1.807, 2.05) is 56.3 Å². The Balaban J connectivity index is 0.000000745. The SMILES string of the molecule is CCCC.CO.Cc1c(CC(=O)O)c(-c2ccc(Cl)cc2OCc2ccccc2)c(C)c2c1NCc1cccc(F)c1-2. The number of nitrogens with one attached hydrogen (secondary N) is 1. The van der Waals surface area contributed by atoms with Crippen molar-refractivity contribution >= 4 is 23.3 Å². The van der Waals surface area contributed by atoms with Crippen molar-refractivity contribution in [2.45, 2.75) is 60.1 Å². The van der Waals surface area contributed by atoms with E-state index in [-0.39, 0.29) is 12.2 Å². The molecular formula is C35H39ClFNO4. The van der Waals surface area contributed by atoms with Crippen LogP contribution < -0.4 is 10.1 Å². The average Bonchev–Trinajstić information content (AvgIpc) is 3.00. The fourth-order valence-electron chi connectivity index (χ4n) is 5.07. The van der Waals surface area contributed by atoms with Crippen LogP contribution in [-0.2, 0) is 24.4 Å². The lowest BCUT2D eigenvalue weighted by molar-refractivity contribution is -0.136. The molecule has 0 amide bonds. The molecule has 4 aromatic rings. The molecule has 3 N–H and O–H groups in total. The monoisotopic (exact) mass is 591 g/mol. The molecule has 1 heterocycles. The summed E-state index contributed by atoms with van der Waals surface area (Å²) in [5.41, 5.74) is 7.61. The van der Waals surface area contributed by atoms with Crippen molar-refractivity contribution in [1.29, 1.82) is 0 Å². The molecule has 1 aliphatic rings. The number of aliphatic hydroxyl groups is 1. The van der Waals surface area contributed by atoms with E-state index >= 15 is 4.39 Å². The molecule has 0 atom stereocenters. The van der Waals surface area contributed by atoms with Crippen molar-refractivity contribution in [2.24, 2.45) is 0 Å². The Bertz CT molecular complexity index is 1520. The fraction of sp³-hybridized carbons (Fsp3) is 0.286. The number of rotatable bonds is 7. The van der Waals surface area contributed by atoms with Gasteiger partial charge in [0.05, 0.1) is 6.42 Å². The fourth-order valence-corrected chi connectivity index (χ4v) is 5.23. The van der Waals surface area contributed by atoms with Crippen LogP contribution in [0.2, 0.25) is 5.02 Å². The molecular weight excluding hydrogens is 553 g/mol. The summed E-state index contributed by atoms with van der Waals surface area (Å²) in [6.07, 6.45) is 2.46. The number of aliphatic carboxylic acids is 1. The molecule has 7 heteroatoms. The van der Waals surface area contributed by atoms with Crippen LogP contribution in [0.4, 0.5) is 10.1 Å². The molecule has 0 unspecified atom stereocenters. The number of benzene rings is 4. The van der Waals surface area contributed by atoms with E-state index in [1.165, 1.54) is 18.9 Å². The standard InChI is InChI=1S/C30H25ClFNO3.C4H10.CH4O/c1-17-23(14-26(34)35)27(18(2)28-29-20(15-33-30(17)28)9-6-10-24(29)32)22-12-11-21(31)13-25(22)36-16-19-7-4-3-5-8-19;1-3-4-2;1-2/h3-13,33H,14-16H2,1-2H3,(H,34,35);3-4H2,1-2H3;2H,1H3. The van der Waals surface area contributed by atoms with Gasteiger partial charge in [-0.3, -0.25) is 4.79 Å². The molecule has 222 valence electrons. The third kappa shape index (κ3) is 7.30. The Kier molecular flexibility index (Phi) is 12.0. The first-order valence-electron chi connectivity index (χ1n) is 14.1. The lowest BCUT2D eigenvalue weighted by atomic mass is 9.80. The third-order valence-corrected chi connectivity index (χ3v) is 7.45. The largest absolute Gasteiger partial charge is 0.488 e. The van der Waals surface area contributed by atoms with Gasteiger partial charge in [0.15, 0.2) is 0 Å². The Morgan fingerprint density at radius 2 is 1.62 bits per heavy atom. The van der Waals surface area contributed by atoms with Gasteiger partial charge in [0.2, 0.25) is 0 Å². The van der Waals surface area contributed by atoms with Crippen LogP contribution in [0.1, 0.15) is 54.5 Å². The van der Waals surface area contributed by atoms with Crippen LogP contribution in [-0.4, -0.2) is 23.3 Å². The van der Waals surface area contributed by atoms with Crippen LogP contribution in [0.3, 0.4) is 0 Å². The lowest BCUT2D eigenvalue weighted by Gasteiger charge is -2.30. The first kappa shape index (κ1) is 32.6. The summed E-state index contributed by atoms with van der Waals surface area (Å²) in [7, 11) is 1.00. The van der Waals surface area contributed by atoms with Crippen LogP contribution >= 0.6 is 11.6 Å². The average molecular weight is 592 g/mol. The molecule has 42 heavy (non-hydrogen) atoms. The minimum absolute atomic E-state index is 0.179. The predicted molar refractivity (Wildman–Crippen MR) is 170 cm³/mol. The maximum absolute atomic E-state index is 15.2. The van der Waals surface area contributed by atoms with Gasteiger partial charge >= 0.3 is 5.97 Å². The molecule has 0 aliphatic carbocycles. The minimum Gasteiger partial charge on any atom is -0.488 e. The quantitative estimate of drug-likeness (QED) is 0.200. The maximum Gasteiger partial charge on any atom is 0.307 e. The summed E-state index contributed by atoms with van der Waals surface area (Å²) >= 11 is 6.35. The molecule has 5 rings (SSSR count). The number of hydrogen-bond acceptors (Lipinski definition) is 4. The molecule has 0 fully saturated rings. The van der Waals surface area contributed by atoms with Crippen molar-refractivity contribution in [3.63, 3.8) is 0 Å². The van der Waals surface area contributed by atoms with Crippen LogP contribution in [0.25, 0.3) is 22.3 Å². The van der Waals surface area contributed by atoms with E-state index in [0.29, 0.717) is 35.1 Å². The number of carbonyl (C=O) groups is 1. The number of ether oxygens (including phenoxy) is 1. The van der Waals surface area contributed by atoms with Crippen molar-refractivity contribution in [3.8, 4) is 28.0 Å². The summed E-state index contributed by atoms with van der Waals surface area (Å²) < 4.78 is 21.4. The van der Waals surface area contributed by atoms with E-state index in [2.05, 4.69) is 19.2 Å². The second kappa shape index (κ2) is 15.4. The first-order chi connectivity index (χ1) is 20.3. The molecule has 5 nitrogen and oxygen atoms in total. The summed E-state index contributed by atoms with van der Waals surface area (Å²) in [6, 6.07) is 20.2. The topological polar surface area (TPSA) is 78.8 Å². The van der Waals surface area contributed by atoms with E-state index in [9.17, 15) is 9.90 Å². The minimum atomic E-state index is -0.943. The van der Waals surface area contributed by atoms with Gasteiger partial charge in [-0.05, 0) is 71.5 Å². The van der Waals surface area contributed by atoms with Gasteiger partial charge in [0, 0.05) is 41.1 Å². The number of fused-ring (bicyclic) bond motifs is 3. The predicted octanol–water partition coefficient (Wildman–Crippen LogP) is 8.98. The van der Waals surface area contributed by atoms with Crippen LogP contribution in [0.15, 0.2) is 66.7 Å². The smallest absolute Gasteiger partial charge is 0.307 e. The summed E-state index contributed by atoms with van der Waals surface area (Å²) in [4.78, 5) is 12.0. The van der Waals surface area contributed by atoms with Gasteiger partial charge in [-0.1, -0.05) is 80.8 Å². The van der Waals surface area contributed by atoms with Crippen LogP contribution in [0.5, 0.6) is 5.75 Å².